The zero-order valence-corrected chi connectivity index (χ0v) is 17.4. The van der Waals surface area contributed by atoms with Crippen molar-refractivity contribution < 1.29 is 19.0 Å². The largest absolute Gasteiger partial charge is 0.493 e. The number of hydrogen-bond donors (Lipinski definition) is 0. The number of ether oxygens (including phenoxy) is 3. The van der Waals surface area contributed by atoms with Crippen LogP contribution in [0, 0.1) is 0 Å². The average molecular weight is 413 g/mol. The fraction of sp³-hybridized carbons (Fsp3) is 0.273. The molecule has 0 saturated heterocycles. The van der Waals surface area contributed by atoms with Crippen molar-refractivity contribution in [1.29, 1.82) is 0 Å². The van der Waals surface area contributed by atoms with E-state index in [1.54, 1.807) is 42.8 Å². The van der Waals surface area contributed by atoms with E-state index >= 15 is 0 Å². The fourth-order valence-corrected chi connectivity index (χ4v) is 3.36. The lowest BCUT2D eigenvalue weighted by Crippen LogP contribution is -2.33. The standard InChI is InChI=1S/C22H24N2O4S/c1-26-11-10-24(13-17-6-4-3-5-7-17)22(25)18-8-9-20(21(12-18)27-2)28-14-19-15-29-16-23-19/h3-9,12,15-16H,10-11,13-14H2,1-2H3. The summed E-state index contributed by atoms with van der Waals surface area (Å²) in [4.78, 5) is 19.1. The van der Waals surface area contributed by atoms with Crippen LogP contribution in [0.15, 0.2) is 59.4 Å². The lowest BCUT2D eigenvalue weighted by molar-refractivity contribution is 0.0680. The number of rotatable bonds is 10. The number of hydrogen-bond acceptors (Lipinski definition) is 6. The highest BCUT2D eigenvalue weighted by Gasteiger charge is 2.18. The summed E-state index contributed by atoms with van der Waals surface area (Å²) < 4.78 is 16.4. The molecule has 0 radical (unpaired) electrons. The third-order valence-corrected chi connectivity index (χ3v) is 4.97. The molecule has 1 heterocycles. The van der Waals surface area contributed by atoms with E-state index in [2.05, 4.69) is 4.98 Å². The molecule has 1 aromatic heterocycles. The Balaban J connectivity index is 1.75. The molecule has 0 aliphatic heterocycles. The minimum atomic E-state index is -0.0877. The van der Waals surface area contributed by atoms with Crippen LogP contribution in [-0.2, 0) is 17.9 Å². The molecule has 29 heavy (non-hydrogen) atoms. The van der Waals surface area contributed by atoms with Gasteiger partial charge in [0.1, 0.15) is 6.61 Å². The molecule has 0 fully saturated rings. The minimum Gasteiger partial charge on any atom is -0.493 e. The molecule has 0 atom stereocenters. The van der Waals surface area contributed by atoms with Crippen LogP contribution in [0.2, 0.25) is 0 Å². The molecular formula is C22H24N2O4S. The van der Waals surface area contributed by atoms with Crippen LogP contribution in [0.25, 0.3) is 0 Å². The van der Waals surface area contributed by atoms with E-state index in [1.807, 2.05) is 35.7 Å². The van der Waals surface area contributed by atoms with E-state index in [1.165, 1.54) is 11.3 Å². The van der Waals surface area contributed by atoms with Crippen molar-refractivity contribution >= 4 is 17.2 Å². The minimum absolute atomic E-state index is 0.0877. The highest BCUT2D eigenvalue weighted by molar-refractivity contribution is 7.07. The van der Waals surface area contributed by atoms with Crippen molar-refractivity contribution in [3.8, 4) is 11.5 Å². The Morgan fingerprint density at radius 2 is 1.93 bits per heavy atom. The zero-order chi connectivity index (χ0) is 20.5. The number of thiazole rings is 1. The van der Waals surface area contributed by atoms with E-state index < -0.39 is 0 Å². The second-order valence-electron chi connectivity index (χ2n) is 6.34. The Morgan fingerprint density at radius 1 is 1.10 bits per heavy atom. The second kappa shape index (κ2) is 10.6. The van der Waals surface area contributed by atoms with Crippen LogP contribution in [0.1, 0.15) is 21.6 Å². The van der Waals surface area contributed by atoms with Crippen LogP contribution >= 0.6 is 11.3 Å². The maximum atomic E-state index is 13.1. The van der Waals surface area contributed by atoms with Crippen molar-refractivity contribution in [3.63, 3.8) is 0 Å². The van der Waals surface area contributed by atoms with Crippen LogP contribution in [0.4, 0.5) is 0 Å². The van der Waals surface area contributed by atoms with Gasteiger partial charge in [-0.1, -0.05) is 30.3 Å². The molecule has 1 amide bonds. The van der Waals surface area contributed by atoms with E-state index in [9.17, 15) is 4.79 Å². The number of aromatic nitrogens is 1. The number of benzene rings is 2. The number of nitrogens with zero attached hydrogens (tertiary/aromatic N) is 2. The van der Waals surface area contributed by atoms with E-state index in [4.69, 9.17) is 14.2 Å². The molecule has 6 nitrogen and oxygen atoms in total. The van der Waals surface area contributed by atoms with Crippen molar-refractivity contribution in [2.24, 2.45) is 0 Å². The maximum Gasteiger partial charge on any atom is 0.254 e. The third kappa shape index (κ3) is 5.79. The lowest BCUT2D eigenvalue weighted by Gasteiger charge is -2.23. The van der Waals surface area contributed by atoms with Gasteiger partial charge < -0.3 is 19.1 Å². The predicted octanol–water partition coefficient (Wildman–Crippen LogP) is 4.02. The van der Waals surface area contributed by atoms with Gasteiger partial charge in [-0.3, -0.25) is 4.79 Å². The summed E-state index contributed by atoms with van der Waals surface area (Å²) in [5.74, 6) is 0.997. The van der Waals surface area contributed by atoms with Gasteiger partial charge in [0.25, 0.3) is 5.91 Å². The topological polar surface area (TPSA) is 60.9 Å². The van der Waals surface area contributed by atoms with Crippen molar-refractivity contribution in [1.82, 2.24) is 9.88 Å². The van der Waals surface area contributed by atoms with Gasteiger partial charge in [-0.05, 0) is 23.8 Å². The zero-order valence-electron chi connectivity index (χ0n) is 16.5. The molecule has 152 valence electrons. The molecule has 0 spiro atoms. The Morgan fingerprint density at radius 3 is 2.62 bits per heavy atom. The summed E-state index contributed by atoms with van der Waals surface area (Å²) in [5, 5.41) is 1.93. The number of carbonyl (C=O) groups is 1. The average Bonchev–Trinajstić information content (AvgIpc) is 3.29. The SMILES string of the molecule is COCCN(Cc1ccccc1)C(=O)c1ccc(OCc2cscn2)c(OC)c1. The summed E-state index contributed by atoms with van der Waals surface area (Å²) in [6.45, 7) is 1.81. The quantitative estimate of drug-likeness (QED) is 0.503. The fourth-order valence-electron chi connectivity index (χ4n) is 2.82. The summed E-state index contributed by atoms with van der Waals surface area (Å²) >= 11 is 1.52. The molecule has 0 aliphatic carbocycles. The van der Waals surface area contributed by atoms with Crippen LogP contribution in [0.3, 0.4) is 0 Å². The predicted molar refractivity (Wildman–Crippen MR) is 112 cm³/mol. The van der Waals surface area contributed by atoms with Crippen molar-refractivity contribution in [3.05, 3.63) is 76.2 Å². The van der Waals surface area contributed by atoms with E-state index in [-0.39, 0.29) is 5.91 Å². The summed E-state index contributed by atoms with van der Waals surface area (Å²) in [6.07, 6.45) is 0. The van der Waals surface area contributed by atoms with Crippen LogP contribution in [-0.4, -0.2) is 43.2 Å². The molecule has 7 heteroatoms. The first-order chi connectivity index (χ1) is 14.2. The lowest BCUT2D eigenvalue weighted by atomic mass is 10.1. The Kier molecular flexibility index (Phi) is 7.61. The number of carbonyl (C=O) groups excluding carboxylic acids is 1. The Bertz CT molecular complexity index is 900. The number of methoxy groups -OCH3 is 2. The Labute approximate surface area is 174 Å². The molecule has 3 aromatic rings. The van der Waals surface area contributed by atoms with E-state index in [0.717, 1.165) is 11.3 Å². The van der Waals surface area contributed by atoms with Crippen LogP contribution in [0.5, 0.6) is 11.5 Å². The third-order valence-electron chi connectivity index (χ3n) is 4.34. The van der Waals surface area contributed by atoms with Crippen molar-refractivity contribution in [2.45, 2.75) is 13.2 Å². The van der Waals surface area contributed by atoms with Gasteiger partial charge in [0.2, 0.25) is 0 Å². The summed E-state index contributed by atoms with van der Waals surface area (Å²) in [6, 6.07) is 15.1. The molecule has 0 saturated carbocycles. The Hall–Kier alpha value is -2.90. The first kappa shape index (κ1) is 20.8. The van der Waals surface area contributed by atoms with Gasteiger partial charge in [-0.25, -0.2) is 4.98 Å². The van der Waals surface area contributed by atoms with Gasteiger partial charge in [0, 0.05) is 31.1 Å². The van der Waals surface area contributed by atoms with Gasteiger partial charge >= 0.3 is 0 Å². The van der Waals surface area contributed by atoms with Crippen molar-refractivity contribution in [2.75, 3.05) is 27.4 Å². The molecule has 0 aliphatic rings. The van der Waals surface area contributed by atoms with Crippen LogP contribution < -0.4 is 9.47 Å². The highest BCUT2D eigenvalue weighted by Crippen LogP contribution is 2.29. The molecular weight excluding hydrogens is 388 g/mol. The molecule has 2 aromatic carbocycles. The smallest absolute Gasteiger partial charge is 0.254 e. The first-order valence-corrected chi connectivity index (χ1v) is 10.2. The molecule has 3 rings (SSSR count). The highest BCUT2D eigenvalue weighted by atomic mass is 32.1. The van der Waals surface area contributed by atoms with Gasteiger partial charge in [0.05, 0.1) is 24.9 Å². The van der Waals surface area contributed by atoms with Gasteiger partial charge in [-0.15, -0.1) is 11.3 Å². The summed E-state index contributed by atoms with van der Waals surface area (Å²) in [7, 11) is 3.19. The first-order valence-electron chi connectivity index (χ1n) is 9.21. The van der Waals surface area contributed by atoms with E-state index in [0.29, 0.717) is 43.4 Å². The van der Waals surface area contributed by atoms with Gasteiger partial charge in [0.15, 0.2) is 11.5 Å². The van der Waals surface area contributed by atoms with Gasteiger partial charge in [-0.2, -0.15) is 0 Å². The monoisotopic (exact) mass is 412 g/mol. The summed E-state index contributed by atoms with van der Waals surface area (Å²) in [5.41, 5.74) is 4.21. The molecule has 0 unspecified atom stereocenters. The normalized spacial score (nSPS) is 10.6. The number of amides is 1. The second-order valence-corrected chi connectivity index (χ2v) is 7.06. The molecule has 0 N–H and O–H groups in total. The molecule has 0 bridgehead atoms. The maximum absolute atomic E-state index is 13.1.